The molecule has 5 rings (SSSR count). The largest absolute Gasteiger partial charge is 0.444 e. The summed E-state index contributed by atoms with van der Waals surface area (Å²) in [5, 5.41) is 14.4. The van der Waals surface area contributed by atoms with E-state index in [9.17, 15) is 33.6 Å². The van der Waals surface area contributed by atoms with Gasteiger partial charge in [-0.25, -0.2) is 9.78 Å². The number of carbonyl (C=O) groups is 7. The van der Waals surface area contributed by atoms with E-state index in [1.165, 1.54) is 30.4 Å². The van der Waals surface area contributed by atoms with Crippen molar-refractivity contribution in [1.82, 2.24) is 41.5 Å². The zero-order valence-corrected chi connectivity index (χ0v) is 38.6. The van der Waals surface area contributed by atoms with Gasteiger partial charge in [0.25, 0.3) is 11.8 Å². The minimum atomic E-state index is -4.49. The van der Waals surface area contributed by atoms with Crippen LogP contribution in [-0.4, -0.2) is 99.5 Å². The Bertz CT molecular complexity index is 2400. The van der Waals surface area contributed by atoms with Gasteiger partial charge in [-0.2, -0.15) is 8.78 Å². The maximum atomic E-state index is 15.6. The van der Waals surface area contributed by atoms with Gasteiger partial charge in [0.1, 0.15) is 23.9 Å². The minimum Gasteiger partial charge on any atom is -0.444 e. The number of rotatable bonds is 21. The summed E-state index contributed by atoms with van der Waals surface area (Å²) in [7, 11) is 0. The second kappa shape index (κ2) is 23.6. The third-order valence-corrected chi connectivity index (χ3v) is 11.6. The predicted molar refractivity (Wildman–Crippen MR) is 245 cm³/mol. The molecule has 0 saturated heterocycles. The Morgan fingerprint density at radius 1 is 0.776 bits per heavy atom. The molecule has 0 fully saturated rings. The SMILES string of the molecule is CCC[C@H](NC(=O)CC[C@H](CNC(=O)[C@@H](NC(=O)[C@@H](NC(=O)c1cnccn1)C(C)C)C(C)C)OC(=O)N1CCc2ccccc2C1)C(=O)C(F)(F)C(=O)N[C@@H](C)c1ccc2ccccc2c1. The number of benzene rings is 3. The smallest absolute Gasteiger partial charge is 0.410 e. The van der Waals surface area contributed by atoms with Crippen molar-refractivity contribution in [1.29, 1.82) is 0 Å². The summed E-state index contributed by atoms with van der Waals surface area (Å²) in [6.45, 7) is 10.3. The van der Waals surface area contributed by atoms with Crippen LogP contribution in [0.2, 0.25) is 0 Å². The molecular weight excluding hydrogens is 867 g/mol. The van der Waals surface area contributed by atoms with Crippen molar-refractivity contribution in [3.05, 3.63) is 108 Å². The molecule has 3 aromatic carbocycles. The second-order valence-corrected chi connectivity index (χ2v) is 17.4. The van der Waals surface area contributed by atoms with Crippen molar-refractivity contribution in [2.24, 2.45) is 11.8 Å². The van der Waals surface area contributed by atoms with E-state index in [0.29, 0.717) is 18.5 Å². The van der Waals surface area contributed by atoms with Gasteiger partial charge in [0.15, 0.2) is 0 Å². The molecule has 5 N–H and O–H groups in total. The molecule has 16 nitrogen and oxygen atoms in total. The van der Waals surface area contributed by atoms with Crippen molar-refractivity contribution >= 4 is 52.2 Å². The van der Waals surface area contributed by atoms with Crippen LogP contribution in [0.3, 0.4) is 0 Å². The summed E-state index contributed by atoms with van der Waals surface area (Å²) >= 11 is 0. The van der Waals surface area contributed by atoms with E-state index in [0.717, 1.165) is 21.9 Å². The summed E-state index contributed by atoms with van der Waals surface area (Å²) in [6, 6.07) is 15.6. The molecule has 5 atom stereocenters. The number of aromatic nitrogens is 2. The fourth-order valence-corrected chi connectivity index (χ4v) is 7.63. The molecule has 1 aliphatic heterocycles. The van der Waals surface area contributed by atoms with Crippen LogP contribution in [0.15, 0.2) is 85.3 Å². The predicted octanol–water partition coefficient (Wildman–Crippen LogP) is 5.35. The minimum absolute atomic E-state index is 0.00165. The van der Waals surface area contributed by atoms with E-state index in [1.54, 1.807) is 52.8 Å². The summed E-state index contributed by atoms with van der Waals surface area (Å²) in [4.78, 5) is 103. The first-order valence-electron chi connectivity index (χ1n) is 22.6. The number of alkyl halides is 2. The van der Waals surface area contributed by atoms with E-state index < -0.39 is 95.9 Å². The maximum Gasteiger partial charge on any atom is 0.410 e. The Morgan fingerprint density at radius 3 is 2.12 bits per heavy atom. The number of ether oxygens (including phenoxy) is 1. The number of hydrogen-bond donors (Lipinski definition) is 5. The molecule has 18 heteroatoms. The van der Waals surface area contributed by atoms with E-state index in [2.05, 4.69) is 36.6 Å². The Labute approximate surface area is 388 Å². The number of halogens is 2. The Balaban J connectivity index is 1.24. The van der Waals surface area contributed by atoms with Gasteiger partial charge in [-0.1, -0.05) is 102 Å². The second-order valence-electron chi connectivity index (χ2n) is 17.4. The van der Waals surface area contributed by atoms with Gasteiger partial charge in [0.05, 0.1) is 24.8 Å². The van der Waals surface area contributed by atoms with Gasteiger partial charge in [-0.3, -0.25) is 33.8 Å². The fraction of sp³-hybridized carbons (Fsp3) is 0.449. The topological polar surface area (TPSA) is 218 Å². The lowest BCUT2D eigenvalue weighted by molar-refractivity contribution is -0.161. The monoisotopic (exact) mass is 926 g/mol. The summed E-state index contributed by atoms with van der Waals surface area (Å²) in [5.74, 6) is -11.7. The number of carbonyl (C=O) groups excluding carboxylic acids is 7. The lowest BCUT2D eigenvalue weighted by Crippen LogP contribution is -2.57. The Kier molecular flexibility index (Phi) is 18.0. The summed E-state index contributed by atoms with van der Waals surface area (Å²) in [5.41, 5.74) is 2.56. The highest BCUT2D eigenvalue weighted by Gasteiger charge is 2.50. The number of fused-ring (bicyclic) bond motifs is 2. The van der Waals surface area contributed by atoms with Crippen LogP contribution in [0, 0.1) is 11.8 Å². The van der Waals surface area contributed by atoms with Gasteiger partial charge < -0.3 is 36.2 Å². The molecule has 67 heavy (non-hydrogen) atoms. The van der Waals surface area contributed by atoms with Crippen LogP contribution in [0.1, 0.15) is 100 Å². The molecule has 1 aromatic heterocycles. The lowest BCUT2D eigenvalue weighted by atomic mass is 9.99. The van der Waals surface area contributed by atoms with Crippen LogP contribution in [0.4, 0.5) is 13.6 Å². The van der Waals surface area contributed by atoms with Crippen molar-refractivity contribution in [2.45, 2.75) is 116 Å². The summed E-state index contributed by atoms with van der Waals surface area (Å²) in [6.07, 6.45) is 2.09. The van der Waals surface area contributed by atoms with E-state index >= 15 is 8.78 Å². The highest BCUT2D eigenvalue weighted by atomic mass is 19.3. The lowest BCUT2D eigenvalue weighted by Gasteiger charge is -2.30. The zero-order chi connectivity index (χ0) is 48.8. The highest BCUT2D eigenvalue weighted by Crippen LogP contribution is 2.25. The van der Waals surface area contributed by atoms with Crippen LogP contribution in [0.25, 0.3) is 10.8 Å². The average molecular weight is 927 g/mol. The van der Waals surface area contributed by atoms with Crippen LogP contribution in [0.5, 0.6) is 0 Å². The van der Waals surface area contributed by atoms with Crippen LogP contribution < -0.4 is 26.6 Å². The molecule has 0 bridgehead atoms. The van der Waals surface area contributed by atoms with Crippen molar-refractivity contribution in [3.63, 3.8) is 0 Å². The normalized spacial score (nSPS) is 14.7. The van der Waals surface area contributed by atoms with Gasteiger partial charge in [0, 0.05) is 31.9 Å². The number of ketones is 1. The third-order valence-electron chi connectivity index (χ3n) is 11.6. The van der Waals surface area contributed by atoms with Crippen LogP contribution in [-0.2, 0) is 41.7 Å². The molecule has 0 unspecified atom stereocenters. The number of nitrogens with one attached hydrogen (secondary N) is 5. The Morgan fingerprint density at radius 2 is 1.45 bits per heavy atom. The van der Waals surface area contributed by atoms with Gasteiger partial charge in [0.2, 0.25) is 23.5 Å². The molecule has 358 valence electrons. The van der Waals surface area contributed by atoms with Gasteiger partial charge in [-0.05, 0) is 71.6 Å². The van der Waals surface area contributed by atoms with E-state index in [1.807, 2.05) is 48.5 Å². The van der Waals surface area contributed by atoms with Crippen molar-refractivity contribution < 1.29 is 47.1 Å². The standard InChI is InChI=1S/C49H60F2N8O8/c1-7-12-38(43(61)49(50,51)47(65)55-31(6)34-18-17-32-13-8-10-15-35(32)25-34)56-40(60)20-19-37(67-48(66)59-24-21-33-14-9-11-16-36(33)28-59)26-54-45(63)41(29(2)3)58-46(64)42(30(4)5)57-44(62)39-27-52-22-23-53-39/h8-11,13-18,22-23,25,27,29-31,37-38,41-42H,7,12,19-21,24,26,28H2,1-6H3,(H,54,63)(H,55,65)(H,56,60)(H,57,62)(H,58,64)/t31-,37+,38-,41-,42-/m0/s1. The quantitative estimate of drug-likeness (QED) is 0.0675. The van der Waals surface area contributed by atoms with E-state index in [-0.39, 0.29) is 38.0 Å². The Hall–Kier alpha value is -6.85. The molecule has 2 heterocycles. The zero-order valence-electron chi connectivity index (χ0n) is 38.6. The first kappa shape index (κ1) is 51.1. The molecule has 4 aromatic rings. The first-order valence-corrected chi connectivity index (χ1v) is 22.6. The molecule has 0 saturated carbocycles. The van der Waals surface area contributed by atoms with Crippen molar-refractivity contribution in [2.75, 3.05) is 13.1 Å². The number of amides is 6. The van der Waals surface area contributed by atoms with Gasteiger partial charge >= 0.3 is 12.0 Å². The maximum absolute atomic E-state index is 15.6. The molecular formula is C49H60F2N8O8. The molecule has 0 aliphatic carbocycles. The fourth-order valence-electron chi connectivity index (χ4n) is 7.63. The molecule has 0 spiro atoms. The average Bonchev–Trinajstić information content (AvgIpc) is 3.32. The summed E-state index contributed by atoms with van der Waals surface area (Å²) < 4.78 is 37.1. The number of hydrogen-bond acceptors (Lipinski definition) is 10. The third kappa shape index (κ3) is 13.8. The number of nitrogens with zero attached hydrogens (tertiary/aromatic N) is 3. The molecule has 1 aliphatic rings. The van der Waals surface area contributed by atoms with Crippen LogP contribution >= 0.6 is 0 Å². The van der Waals surface area contributed by atoms with E-state index in [4.69, 9.17) is 4.74 Å². The number of Topliss-reactive ketones (excluding diaryl/α,β-unsaturated/α-hetero) is 1. The first-order chi connectivity index (χ1) is 31.9. The molecule has 6 amide bonds. The molecule has 0 radical (unpaired) electrons. The van der Waals surface area contributed by atoms with Gasteiger partial charge in [-0.15, -0.1) is 0 Å². The van der Waals surface area contributed by atoms with Crippen molar-refractivity contribution in [3.8, 4) is 0 Å². The highest BCUT2D eigenvalue weighted by molar-refractivity contribution is 6.10.